The summed E-state index contributed by atoms with van der Waals surface area (Å²) >= 11 is 1.57. The lowest BCUT2D eigenvalue weighted by Crippen LogP contribution is -2.33. The third-order valence-corrected chi connectivity index (χ3v) is 4.46. The van der Waals surface area contributed by atoms with E-state index in [0.29, 0.717) is 11.3 Å². The number of methoxy groups -OCH3 is 1. The summed E-state index contributed by atoms with van der Waals surface area (Å²) in [6.45, 7) is 1.92. The van der Waals surface area contributed by atoms with E-state index in [1.165, 1.54) is 7.11 Å². The van der Waals surface area contributed by atoms with Crippen LogP contribution in [0.3, 0.4) is 0 Å². The predicted octanol–water partition coefficient (Wildman–Crippen LogP) is 3.35. The molecule has 132 valence electrons. The Kier molecular flexibility index (Phi) is 6.89. The Morgan fingerprint density at radius 3 is 2.60 bits per heavy atom. The van der Waals surface area contributed by atoms with Crippen LogP contribution in [0.25, 0.3) is 0 Å². The van der Waals surface area contributed by atoms with E-state index < -0.39 is 0 Å². The van der Waals surface area contributed by atoms with Gasteiger partial charge in [0.05, 0.1) is 19.2 Å². The molecule has 2 aromatic rings. The maximum Gasteiger partial charge on any atom is 0.255 e. The van der Waals surface area contributed by atoms with E-state index in [-0.39, 0.29) is 18.4 Å². The largest absolute Gasteiger partial charge is 0.496 e. The zero-order chi connectivity index (χ0) is 18.2. The maximum absolute atomic E-state index is 12.3. The number of carbonyl (C=O) groups is 2. The van der Waals surface area contributed by atoms with Crippen molar-refractivity contribution in [1.82, 2.24) is 5.32 Å². The molecule has 0 aromatic heterocycles. The van der Waals surface area contributed by atoms with Crippen molar-refractivity contribution in [3.63, 3.8) is 0 Å². The van der Waals surface area contributed by atoms with Crippen molar-refractivity contribution in [3.8, 4) is 5.75 Å². The Hall–Kier alpha value is -2.47. The number of thioether (sulfide) groups is 1. The molecule has 0 unspecified atom stereocenters. The Labute approximate surface area is 152 Å². The van der Waals surface area contributed by atoms with Gasteiger partial charge in [0.2, 0.25) is 5.91 Å². The van der Waals surface area contributed by atoms with Crippen LogP contribution in [0.1, 0.15) is 22.8 Å². The molecule has 5 nitrogen and oxygen atoms in total. The lowest BCUT2D eigenvalue weighted by atomic mass is 10.1. The second-order valence-corrected chi connectivity index (χ2v) is 6.19. The van der Waals surface area contributed by atoms with Crippen molar-refractivity contribution in [1.29, 1.82) is 0 Å². The van der Waals surface area contributed by atoms with Crippen LogP contribution in [0.4, 0.5) is 5.69 Å². The molecule has 0 aliphatic carbocycles. The highest BCUT2D eigenvalue weighted by Crippen LogP contribution is 2.25. The summed E-state index contributed by atoms with van der Waals surface area (Å²) in [4.78, 5) is 25.4. The Balaban J connectivity index is 1.99. The molecule has 0 aliphatic heterocycles. The van der Waals surface area contributed by atoms with Gasteiger partial charge >= 0.3 is 0 Å². The van der Waals surface area contributed by atoms with Crippen LogP contribution in [-0.2, 0) is 11.2 Å². The van der Waals surface area contributed by atoms with Crippen LogP contribution >= 0.6 is 11.8 Å². The van der Waals surface area contributed by atoms with Gasteiger partial charge in [-0.3, -0.25) is 9.59 Å². The molecule has 0 aliphatic rings. The maximum atomic E-state index is 12.3. The van der Waals surface area contributed by atoms with Crippen molar-refractivity contribution in [2.45, 2.75) is 18.2 Å². The van der Waals surface area contributed by atoms with Crippen molar-refractivity contribution in [3.05, 3.63) is 53.6 Å². The highest BCUT2D eigenvalue weighted by Gasteiger charge is 2.14. The molecule has 2 rings (SSSR count). The first-order valence-corrected chi connectivity index (χ1v) is 9.19. The standard InChI is InChI=1S/C19H22N2O3S/c1-4-13-7-5-6-8-16(13)21-18(22)12-20-19(23)15-10-9-14(25-3)11-17(15)24-2/h5-11H,4,12H2,1-3H3,(H,20,23)(H,21,22). The first-order chi connectivity index (χ1) is 12.1. The zero-order valence-corrected chi connectivity index (χ0v) is 15.4. The van der Waals surface area contributed by atoms with E-state index in [4.69, 9.17) is 4.74 Å². The molecule has 2 N–H and O–H groups in total. The first-order valence-electron chi connectivity index (χ1n) is 7.97. The summed E-state index contributed by atoms with van der Waals surface area (Å²) in [6, 6.07) is 13.0. The van der Waals surface area contributed by atoms with E-state index in [0.717, 1.165) is 22.6 Å². The average Bonchev–Trinajstić information content (AvgIpc) is 2.65. The van der Waals surface area contributed by atoms with E-state index in [9.17, 15) is 9.59 Å². The van der Waals surface area contributed by atoms with Gasteiger partial charge in [0.1, 0.15) is 5.75 Å². The molecule has 25 heavy (non-hydrogen) atoms. The van der Waals surface area contributed by atoms with Gasteiger partial charge < -0.3 is 15.4 Å². The molecule has 2 amide bonds. The molecule has 0 saturated carbocycles. The van der Waals surface area contributed by atoms with Crippen LogP contribution in [0.5, 0.6) is 5.75 Å². The molecule has 0 radical (unpaired) electrons. The minimum absolute atomic E-state index is 0.107. The SMILES string of the molecule is CCc1ccccc1NC(=O)CNC(=O)c1ccc(SC)cc1OC. The van der Waals surface area contributed by atoms with Crippen LogP contribution in [0.15, 0.2) is 47.4 Å². The van der Waals surface area contributed by atoms with Crippen molar-refractivity contribution in [2.75, 3.05) is 25.2 Å². The van der Waals surface area contributed by atoms with Crippen LogP contribution in [0, 0.1) is 0 Å². The number of hydrogen-bond acceptors (Lipinski definition) is 4. The quantitative estimate of drug-likeness (QED) is 0.745. The minimum atomic E-state index is -0.344. The van der Waals surface area contributed by atoms with Crippen molar-refractivity contribution >= 4 is 29.3 Å². The Morgan fingerprint density at radius 1 is 1.16 bits per heavy atom. The molecule has 2 aromatic carbocycles. The lowest BCUT2D eigenvalue weighted by molar-refractivity contribution is -0.115. The van der Waals surface area contributed by atoms with E-state index in [2.05, 4.69) is 10.6 Å². The number of carbonyl (C=O) groups excluding carboxylic acids is 2. The van der Waals surface area contributed by atoms with Crippen molar-refractivity contribution < 1.29 is 14.3 Å². The highest BCUT2D eigenvalue weighted by molar-refractivity contribution is 7.98. The second kappa shape index (κ2) is 9.13. The van der Waals surface area contributed by atoms with Crippen LogP contribution < -0.4 is 15.4 Å². The normalized spacial score (nSPS) is 10.2. The van der Waals surface area contributed by atoms with Crippen LogP contribution in [0.2, 0.25) is 0 Å². The number of rotatable bonds is 7. The summed E-state index contributed by atoms with van der Waals surface area (Å²) in [5.74, 6) is -0.126. The molecule has 0 saturated heterocycles. The monoisotopic (exact) mass is 358 g/mol. The van der Waals surface area contributed by atoms with Gasteiger partial charge in [-0.1, -0.05) is 25.1 Å². The summed E-state index contributed by atoms with van der Waals surface area (Å²) in [6.07, 6.45) is 2.77. The molecular formula is C19H22N2O3S. The second-order valence-electron chi connectivity index (χ2n) is 5.31. The first kappa shape index (κ1) is 18.9. The Morgan fingerprint density at radius 2 is 1.92 bits per heavy atom. The third-order valence-electron chi connectivity index (χ3n) is 3.74. The summed E-state index contributed by atoms with van der Waals surface area (Å²) < 4.78 is 5.27. The van der Waals surface area contributed by atoms with Crippen LogP contribution in [-0.4, -0.2) is 31.7 Å². The number of benzene rings is 2. The number of amides is 2. The van der Waals surface area contributed by atoms with Gasteiger partial charge in [0.25, 0.3) is 5.91 Å². The average molecular weight is 358 g/mol. The molecule has 0 fully saturated rings. The molecule has 0 spiro atoms. The molecule has 6 heteroatoms. The number of anilines is 1. The van der Waals surface area contributed by atoms with Gasteiger partial charge in [0.15, 0.2) is 0 Å². The number of ether oxygens (including phenoxy) is 1. The third kappa shape index (κ3) is 5.00. The van der Waals surface area contributed by atoms with Gasteiger partial charge in [0, 0.05) is 10.6 Å². The Bertz CT molecular complexity index is 762. The fraction of sp³-hybridized carbons (Fsp3) is 0.263. The van der Waals surface area contributed by atoms with Crippen molar-refractivity contribution in [2.24, 2.45) is 0 Å². The van der Waals surface area contributed by atoms with Gasteiger partial charge in [-0.2, -0.15) is 0 Å². The summed E-state index contributed by atoms with van der Waals surface area (Å²) in [5, 5.41) is 5.46. The minimum Gasteiger partial charge on any atom is -0.496 e. The van der Waals surface area contributed by atoms with E-state index in [1.807, 2.05) is 43.5 Å². The molecule has 0 heterocycles. The molecular weight excluding hydrogens is 336 g/mol. The number of aryl methyl sites for hydroxylation is 1. The molecule has 0 atom stereocenters. The smallest absolute Gasteiger partial charge is 0.255 e. The fourth-order valence-electron chi connectivity index (χ4n) is 2.39. The van der Waals surface area contributed by atoms with Gasteiger partial charge in [-0.15, -0.1) is 11.8 Å². The lowest BCUT2D eigenvalue weighted by Gasteiger charge is -2.12. The predicted molar refractivity (Wildman–Crippen MR) is 102 cm³/mol. The van der Waals surface area contributed by atoms with Gasteiger partial charge in [-0.25, -0.2) is 0 Å². The summed E-state index contributed by atoms with van der Waals surface area (Å²) in [7, 11) is 1.52. The molecule has 0 bridgehead atoms. The number of nitrogens with one attached hydrogen (secondary N) is 2. The highest BCUT2D eigenvalue weighted by atomic mass is 32.2. The zero-order valence-electron chi connectivity index (χ0n) is 14.6. The van der Waals surface area contributed by atoms with E-state index in [1.54, 1.807) is 23.9 Å². The number of hydrogen-bond donors (Lipinski definition) is 2. The van der Waals surface area contributed by atoms with Gasteiger partial charge in [-0.05, 0) is 42.5 Å². The van der Waals surface area contributed by atoms with E-state index >= 15 is 0 Å². The fourth-order valence-corrected chi connectivity index (χ4v) is 2.82. The summed E-state index contributed by atoms with van der Waals surface area (Å²) in [5.41, 5.74) is 2.23. The number of para-hydroxylation sites is 1. The topological polar surface area (TPSA) is 67.4 Å².